The first-order chi connectivity index (χ1) is 10.2. The van der Waals surface area contributed by atoms with E-state index in [4.69, 9.17) is 9.15 Å². The number of hydrogen-bond donors (Lipinski definition) is 1. The molecule has 1 N–H and O–H groups in total. The van der Waals surface area contributed by atoms with E-state index in [9.17, 15) is 9.59 Å². The Morgan fingerprint density at radius 2 is 2.29 bits per heavy atom. The molecule has 1 aromatic rings. The lowest BCUT2D eigenvalue weighted by Crippen LogP contribution is -2.37. The van der Waals surface area contributed by atoms with Crippen LogP contribution in [0.3, 0.4) is 0 Å². The monoisotopic (exact) mass is 294 g/mol. The Bertz CT molecular complexity index is 454. The second-order valence-corrected chi connectivity index (χ2v) is 5.19. The van der Waals surface area contributed by atoms with Crippen LogP contribution in [-0.2, 0) is 9.53 Å². The summed E-state index contributed by atoms with van der Waals surface area (Å²) in [5.74, 6) is -0.0878. The summed E-state index contributed by atoms with van der Waals surface area (Å²) >= 11 is 0. The third kappa shape index (κ3) is 4.90. The zero-order valence-electron chi connectivity index (χ0n) is 12.3. The van der Waals surface area contributed by atoms with Gasteiger partial charge in [0.25, 0.3) is 5.91 Å². The molecule has 116 valence electrons. The van der Waals surface area contributed by atoms with Crippen molar-refractivity contribution < 1.29 is 18.7 Å². The highest BCUT2D eigenvalue weighted by molar-refractivity contribution is 5.94. The summed E-state index contributed by atoms with van der Waals surface area (Å²) in [6.45, 7) is 1.68. The molecule has 0 atom stereocenters. The summed E-state index contributed by atoms with van der Waals surface area (Å²) in [6, 6.07) is 1.93. The number of amides is 2. The smallest absolute Gasteiger partial charge is 0.257 e. The van der Waals surface area contributed by atoms with Gasteiger partial charge in [0.2, 0.25) is 5.91 Å². The van der Waals surface area contributed by atoms with Crippen molar-refractivity contribution in [2.75, 3.05) is 26.8 Å². The van der Waals surface area contributed by atoms with Crippen molar-refractivity contribution in [1.29, 1.82) is 0 Å². The summed E-state index contributed by atoms with van der Waals surface area (Å²) in [4.78, 5) is 25.8. The van der Waals surface area contributed by atoms with Gasteiger partial charge < -0.3 is 19.4 Å². The number of nitrogens with zero attached hydrogens (tertiary/aromatic N) is 1. The van der Waals surface area contributed by atoms with E-state index in [1.807, 2.05) is 0 Å². The molecular formula is C15H22N2O4. The van der Waals surface area contributed by atoms with Crippen LogP contribution in [0.1, 0.15) is 36.0 Å². The van der Waals surface area contributed by atoms with Gasteiger partial charge in [-0.3, -0.25) is 9.59 Å². The topological polar surface area (TPSA) is 71.8 Å². The molecule has 2 amide bonds. The van der Waals surface area contributed by atoms with Gasteiger partial charge in [0.15, 0.2) is 0 Å². The molecule has 21 heavy (non-hydrogen) atoms. The fourth-order valence-electron chi connectivity index (χ4n) is 2.14. The molecule has 0 spiro atoms. The molecule has 6 heteroatoms. The lowest BCUT2D eigenvalue weighted by atomic mass is 10.2. The van der Waals surface area contributed by atoms with E-state index in [-0.39, 0.29) is 17.9 Å². The van der Waals surface area contributed by atoms with Crippen LogP contribution in [0.4, 0.5) is 0 Å². The SMILES string of the molecule is COCCCNC(=O)CCN(C(=O)c1ccoc1)C1CC1. The number of ether oxygens (including phenoxy) is 1. The Morgan fingerprint density at radius 3 is 2.90 bits per heavy atom. The van der Waals surface area contributed by atoms with Gasteiger partial charge in [-0.2, -0.15) is 0 Å². The molecule has 0 aromatic carbocycles. The molecule has 0 saturated heterocycles. The van der Waals surface area contributed by atoms with E-state index in [2.05, 4.69) is 5.32 Å². The zero-order valence-corrected chi connectivity index (χ0v) is 12.3. The molecule has 1 aliphatic rings. The summed E-state index contributed by atoms with van der Waals surface area (Å²) in [6.07, 6.45) is 6.08. The Hall–Kier alpha value is -1.82. The lowest BCUT2D eigenvalue weighted by Gasteiger charge is -2.21. The number of carbonyl (C=O) groups excluding carboxylic acids is 2. The summed E-state index contributed by atoms with van der Waals surface area (Å²) < 4.78 is 9.87. The fraction of sp³-hybridized carbons (Fsp3) is 0.600. The minimum Gasteiger partial charge on any atom is -0.472 e. The molecule has 1 heterocycles. The molecule has 0 bridgehead atoms. The maximum Gasteiger partial charge on any atom is 0.257 e. The van der Waals surface area contributed by atoms with Crippen LogP contribution in [0.5, 0.6) is 0 Å². The highest BCUT2D eigenvalue weighted by Gasteiger charge is 2.33. The number of furan rings is 1. The van der Waals surface area contributed by atoms with E-state index in [1.165, 1.54) is 12.5 Å². The number of rotatable bonds is 9. The molecule has 1 aliphatic carbocycles. The van der Waals surface area contributed by atoms with Gasteiger partial charge in [-0.25, -0.2) is 0 Å². The minimum absolute atomic E-state index is 0.0308. The standard InChI is InChI=1S/C15H22N2O4/c1-20-9-2-7-16-14(18)5-8-17(13-3-4-13)15(19)12-6-10-21-11-12/h6,10-11,13H,2-5,7-9H2,1H3,(H,16,18). The molecule has 1 saturated carbocycles. The number of hydrogen-bond acceptors (Lipinski definition) is 4. The predicted molar refractivity (Wildman–Crippen MR) is 76.9 cm³/mol. The van der Waals surface area contributed by atoms with Gasteiger partial charge >= 0.3 is 0 Å². The van der Waals surface area contributed by atoms with E-state index in [0.29, 0.717) is 31.7 Å². The molecule has 0 radical (unpaired) electrons. The van der Waals surface area contributed by atoms with Crippen LogP contribution in [0.15, 0.2) is 23.0 Å². The normalized spacial score (nSPS) is 14.0. The van der Waals surface area contributed by atoms with E-state index in [1.54, 1.807) is 18.1 Å². The van der Waals surface area contributed by atoms with Crippen LogP contribution in [-0.4, -0.2) is 49.6 Å². The van der Waals surface area contributed by atoms with E-state index < -0.39 is 0 Å². The Kier molecular flexibility index (Phi) is 5.80. The third-order valence-corrected chi connectivity index (χ3v) is 3.44. The van der Waals surface area contributed by atoms with Gasteiger partial charge in [0.1, 0.15) is 6.26 Å². The highest BCUT2D eigenvalue weighted by atomic mass is 16.5. The second kappa shape index (κ2) is 7.83. The maximum absolute atomic E-state index is 12.3. The number of methoxy groups -OCH3 is 1. The average molecular weight is 294 g/mol. The molecule has 1 aromatic heterocycles. The second-order valence-electron chi connectivity index (χ2n) is 5.19. The Balaban J connectivity index is 1.76. The van der Waals surface area contributed by atoms with Crippen molar-refractivity contribution in [2.24, 2.45) is 0 Å². The largest absolute Gasteiger partial charge is 0.472 e. The maximum atomic E-state index is 12.3. The number of nitrogens with one attached hydrogen (secondary N) is 1. The molecular weight excluding hydrogens is 272 g/mol. The highest BCUT2D eigenvalue weighted by Crippen LogP contribution is 2.28. The van der Waals surface area contributed by atoms with Gasteiger partial charge in [-0.1, -0.05) is 0 Å². The fourth-order valence-corrected chi connectivity index (χ4v) is 2.14. The average Bonchev–Trinajstić information content (AvgIpc) is 3.16. The Labute approximate surface area is 124 Å². The first-order valence-electron chi connectivity index (χ1n) is 7.31. The van der Waals surface area contributed by atoms with E-state index in [0.717, 1.165) is 19.3 Å². The molecule has 0 aliphatic heterocycles. The summed E-state index contributed by atoms with van der Waals surface area (Å²) in [5.41, 5.74) is 0.544. The van der Waals surface area contributed by atoms with Crippen molar-refractivity contribution in [3.05, 3.63) is 24.2 Å². The lowest BCUT2D eigenvalue weighted by molar-refractivity contribution is -0.121. The first-order valence-corrected chi connectivity index (χ1v) is 7.31. The van der Waals surface area contributed by atoms with Crippen molar-refractivity contribution in [3.63, 3.8) is 0 Å². The van der Waals surface area contributed by atoms with Crippen molar-refractivity contribution >= 4 is 11.8 Å². The molecule has 6 nitrogen and oxygen atoms in total. The first kappa shape index (κ1) is 15.6. The molecule has 1 fully saturated rings. The quantitative estimate of drug-likeness (QED) is 0.699. The summed E-state index contributed by atoms with van der Waals surface area (Å²) in [5, 5.41) is 2.83. The van der Waals surface area contributed by atoms with Crippen LogP contribution >= 0.6 is 0 Å². The number of carbonyl (C=O) groups is 2. The van der Waals surface area contributed by atoms with Gasteiger partial charge in [0.05, 0.1) is 11.8 Å². The summed E-state index contributed by atoms with van der Waals surface area (Å²) in [7, 11) is 1.64. The zero-order chi connectivity index (χ0) is 15.1. The van der Waals surface area contributed by atoms with Crippen LogP contribution < -0.4 is 5.32 Å². The van der Waals surface area contributed by atoms with Crippen LogP contribution in [0.2, 0.25) is 0 Å². The van der Waals surface area contributed by atoms with Crippen molar-refractivity contribution in [1.82, 2.24) is 10.2 Å². The van der Waals surface area contributed by atoms with Crippen LogP contribution in [0.25, 0.3) is 0 Å². The van der Waals surface area contributed by atoms with Crippen LogP contribution in [0, 0.1) is 0 Å². The van der Waals surface area contributed by atoms with Gasteiger partial charge in [-0.15, -0.1) is 0 Å². The predicted octanol–water partition coefficient (Wildman–Crippen LogP) is 1.43. The minimum atomic E-state index is -0.0570. The van der Waals surface area contributed by atoms with Gasteiger partial charge in [-0.05, 0) is 25.3 Å². The Morgan fingerprint density at radius 1 is 1.48 bits per heavy atom. The molecule has 2 rings (SSSR count). The van der Waals surface area contributed by atoms with Crippen molar-refractivity contribution in [3.8, 4) is 0 Å². The third-order valence-electron chi connectivity index (χ3n) is 3.44. The molecule has 0 unspecified atom stereocenters. The van der Waals surface area contributed by atoms with Crippen molar-refractivity contribution in [2.45, 2.75) is 31.7 Å². The van der Waals surface area contributed by atoms with E-state index >= 15 is 0 Å². The van der Waals surface area contributed by atoms with Gasteiger partial charge in [0, 0.05) is 39.3 Å².